The highest BCUT2D eigenvalue weighted by Crippen LogP contribution is 2.30. The first-order chi connectivity index (χ1) is 8.50. The Labute approximate surface area is 105 Å². The van der Waals surface area contributed by atoms with E-state index in [1.807, 2.05) is 0 Å². The van der Waals surface area contributed by atoms with Gasteiger partial charge in [-0.1, -0.05) is 12.8 Å². The standard InChI is InChI=1S/C12H17N3O3/c1-9-4-5-10(15(17)18)11(14-9)13-8-12(16)6-2-3-7-12/h4-5,16H,2-3,6-8H2,1H3,(H,13,14). The molecular formula is C12H17N3O3. The average Bonchev–Trinajstić information content (AvgIpc) is 2.74. The highest BCUT2D eigenvalue weighted by Gasteiger charge is 2.31. The quantitative estimate of drug-likeness (QED) is 0.631. The minimum absolute atomic E-state index is 0.0535. The van der Waals surface area contributed by atoms with Gasteiger partial charge in [0.15, 0.2) is 0 Å². The van der Waals surface area contributed by atoms with Crippen molar-refractivity contribution in [3.63, 3.8) is 0 Å². The van der Waals surface area contributed by atoms with E-state index >= 15 is 0 Å². The number of hydrogen-bond acceptors (Lipinski definition) is 5. The number of nitrogens with zero attached hydrogens (tertiary/aromatic N) is 2. The molecule has 98 valence electrons. The topological polar surface area (TPSA) is 88.3 Å². The van der Waals surface area contributed by atoms with Crippen LogP contribution in [0.4, 0.5) is 11.5 Å². The predicted octanol–water partition coefficient (Wildman–Crippen LogP) is 2.02. The van der Waals surface area contributed by atoms with Crippen molar-refractivity contribution in [3.8, 4) is 0 Å². The number of nitro groups is 1. The van der Waals surface area contributed by atoms with E-state index in [1.165, 1.54) is 6.07 Å². The second-order valence-corrected chi connectivity index (χ2v) is 4.86. The van der Waals surface area contributed by atoms with Gasteiger partial charge >= 0.3 is 5.69 Å². The summed E-state index contributed by atoms with van der Waals surface area (Å²) in [6.07, 6.45) is 3.47. The summed E-state index contributed by atoms with van der Waals surface area (Å²) in [4.78, 5) is 14.5. The monoisotopic (exact) mass is 251 g/mol. The number of anilines is 1. The van der Waals surface area contributed by atoms with Crippen LogP contribution < -0.4 is 5.32 Å². The molecule has 1 aliphatic rings. The molecule has 1 fully saturated rings. The van der Waals surface area contributed by atoms with E-state index in [0.29, 0.717) is 12.2 Å². The van der Waals surface area contributed by atoms with Crippen LogP contribution in [0.5, 0.6) is 0 Å². The van der Waals surface area contributed by atoms with Crippen LogP contribution in [0.1, 0.15) is 31.4 Å². The van der Waals surface area contributed by atoms with Gasteiger partial charge in [0.2, 0.25) is 5.82 Å². The Morgan fingerprint density at radius 3 is 2.78 bits per heavy atom. The van der Waals surface area contributed by atoms with Gasteiger partial charge in [-0.3, -0.25) is 10.1 Å². The average molecular weight is 251 g/mol. The van der Waals surface area contributed by atoms with Crippen LogP contribution in [0, 0.1) is 17.0 Å². The van der Waals surface area contributed by atoms with E-state index in [4.69, 9.17) is 0 Å². The molecule has 0 bridgehead atoms. The van der Waals surface area contributed by atoms with Crippen LogP contribution in [-0.2, 0) is 0 Å². The number of rotatable bonds is 4. The lowest BCUT2D eigenvalue weighted by Crippen LogP contribution is -2.33. The third-order valence-corrected chi connectivity index (χ3v) is 3.33. The van der Waals surface area contributed by atoms with Crippen molar-refractivity contribution in [1.82, 2.24) is 4.98 Å². The van der Waals surface area contributed by atoms with Gasteiger partial charge in [-0.2, -0.15) is 0 Å². The van der Waals surface area contributed by atoms with Crippen molar-refractivity contribution >= 4 is 11.5 Å². The van der Waals surface area contributed by atoms with Crippen molar-refractivity contribution in [2.75, 3.05) is 11.9 Å². The van der Waals surface area contributed by atoms with E-state index in [2.05, 4.69) is 10.3 Å². The lowest BCUT2D eigenvalue weighted by atomic mass is 10.0. The van der Waals surface area contributed by atoms with Crippen LogP contribution in [0.2, 0.25) is 0 Å². The zero-order valence-electron chi connectivity index (χ0n) is 10.3. The van der Waals surface area contributed by atoms with Gasteiger partial charge in [0.05, 0.1) is 10.5 Å². The molecule has 18 heavy (non-hydrogen) atoms. The number of hydrogen-bond donors (Lipinski definition) is 2. The van der Waals surface area contributed by atoms with Crippen LogP contribution in [0.15, 0.2) is 12.1 Å². The van der Waals surface area contributed by atoms with Crippen LogP contribution in [-0.4, -0.2) is 27.2 Å². The first-order valence-corrected chi connectivity index (χ1v) is 6.08. The highest BCUT2D eigenvalue weighted by atomic mass is 16.6. The van der Waals surface area contributed by atoms with Crippen LogP contribution in [0.25, 0.3) is 0 Å². The fraction of sp³-hybridized carbons (Fsp3) is 0.583. The Morgan fingerprint density at radius 1 is 1.50 bits per heavy atom. The second kappa shape index (κ2) is 4.89. The molecule has 6 heteroatoms. The Hall–Kier alpha value is -1.69. The minimum atomic E-state index is -0.751. The summed E-state index contributed by atoms with van der Waals surface area (Å²) in [6, 6.07) is 3.04. The summed E-state index contributed by atoms with van der Waals surface area (Å²) in [5, 5.41) is 24.0. The summed E-state index contributed by atoms with van der Waals surface area (Å²) in [6.45, 7) is 2.09. The van der Waals surface area contributed by atoms with Gasteiger partial charge in [-0.05, 0) is 25.8 Å². The number of aromatic nitrogens is 1. The molecule has 0 atom stereocenters. The Bertz CT molecular complexity index is 456. The molecule has 0 aliphatic heterocycles. The molecule has 0 saturated heterocycles. The van der Waals surface area contributed by atoms with Gasteiger partial charge < -0.3 is 10.4 Å². The maximum absolute atomic E-state index is 10.9. The number of aryl methyl sites for hydroxylation is 1. The minimum Gasteiger partial charge on any atom is -0.388 e. The molecule has 1 aromatic heterocycles. The number of pyridine rings is 1. The van der Waals surface area contributed by atoms with Gasteiger partial charge in [-0.25, -0.2) is 4.98 Å². The molecule has 6 nitrogen and oxygen atoms in total. The Balaban J connectivity index is 2.12. The normalized spacial score (nSPS) is 17.7. The van der Waals surface area contributed by atoms with Gasteiger partial charge in [0.1, 0.15) is 0 Å². The molecule has 1 saturated carbocycles. The second-order valence-electron chi connectivity index (χ2n) is 4.86. The number of nitrogens with one attached hydrogen (secondary N) is 1. The maximum Gasteiger partial charge on any atom is 0.311 e. The fourth-order valence-electron chi connectivity index (χ4n) is 2.28. The molecule has 0 aromatic carbocycles. The lowest BCUT2D eigenvalue weighted by molar-refractivity contribution is -0.384. The van der Waals surface area contributed by atoms with E-state index in [1.54, 1.807) is 13.0 Å². The van der Waals surface area contributed by atoms with Crippen molar-refractivity contribution in [3.05, 3.63) is 27.9 Å². The molecule has 1 aliphatic carbocycles. The third-order valence-electron chi connectivity index (χ3n) is 3.33. The summed E-state index contributed by atoms with van der Waals surface area (Å²) in [5.41, 5.74) is -0.0945. The first kappa shape index (κ1) is 12.8. The third kappa shape index (κ3) is 2.76. The van der Waals surface area contributed by atoms with Gasteiger partial charge in [0, 0.05) is 18.3 Å². The van der Waals surface area contributed by atoms with Crippen molar-refractivity contribution < 1.29 is 10.0 Å². The van der Waals surface area contributed by atoms with Crippen LogP contribution >= 0.6 is 0 Å². The molecule has 0 amide bonds. The summed E-state index contributed by atoms with van der Waals surface area (Å²) in [7, 11) is 0. The summed E-state index contributed by atoms with van der Waals surface area (Å²) in [5.74, 6) is 0.236. The summed E-state index contributed by atoms with van der Waals surface area (Å²) < 4.78 is 0. The molecule has 0 radical (unpaired) electrons. The lowest BCUT2D eigenvalue weighted by Gasteiger charge is -2.22. The summed E-state index contributed by atoms with van der Waals surface area (Å²) >= 11 is 0. The molecule has 0 unspecified atom stereocenters. The highest BCUT2D eigenvalue weighted by molar-refractivity contribution is 5.56. The van der Waals surface area contributed by atoms with E-state index < -0.39 is 10.5 Å². The van der Waals surface area contributed by atoms with E-state index in [0.717, 1.165) is 25.7 Å². The van der Waals surface area contributed by atoms with Gasteiger partial charge in [0.25, 0.3) is 0 Å². The predicted molar refractivity (Wildman–Crippen MR) is 67.5 cm³/mol. The first-order valence-electron chi connectivity index (χ1n) is 6.08. The fourth-order valence-corrected chi connectivity index (χ4v) is 2.28. The van der Waals surface area contributed by atoms with Gasteiger partial charge in [-0.15, -0.1) is 0 Å². The van der Waals surface area contributed by atoms with Crippen molar-refractivity contribution in [2.45, 2.75) is 38.2 Å². The maximum atomic E-state index is 10.9. The van der Waals surface area contributed by atoms with Crippen molar-refractivity contribution in [2.24, 2.45) is 0 Å². The molecule has 2 rings (SSSR count). The molecule has 1 heterocycles. The molecule has 2 N–H and O–H groups in total. The number of aliphatic hydroxyl groups is 1. The SMILES string of the molecule is Cc1ccc([N+](=O)[O-])c(NCC2(O)CCCC2)n1. The smallest absolute Gasteiger partial charge is 0.311 e. The Morgan fingerprint density at radius 2 is 2.17 bits per heavy atom. The molecular weight excluding hydrogens is 234 g/mol. The van der Waals surface area contributed by atoms with Crippen LogP contribution in [0.3, 0.4) is 0 Å². The molecule has 1 aromatic rings. The molecule has 0 spiro atoms. The Kier molecular flexibility index (Phi) is 3.47. The van der Waals surface area contributed by atoms with E-state index in [9.17, 15) is 15.2 Å². The zero-order valence-corrected chi connectivity index (χ0v) is 10.3. The van der Waals surface area contributed by atoms with Crippen molar-refractivity contribution in [1.29, 1.82) is 0 Å². The zero-order chi connectivity index (χ0) is 13.2. The largest absolute Gasteiger partial charge is 0.388 e. The van der Waals surface area contributed by atoms with E-state index in [-0.39, 0.29) is 11.5 Å².